The van der Waals surface area contributed by atoms with Crippen molar-refractivity contribution in [1.82, 2.24) is 14.8 Å². The molecule has 1 aromatic carbocycles. The lowest BCUT2D eigenvalue weighted by atomic mass is 10.0. The van der Waals surface area contributed by atoms with Crippen molar-refractivity contribution in [3.8, 4) is 0 Å². The molecule has 5 heteroatoms. The highest BCUT2D eigenvalue weighted by Gasteiger charge is 2.28. The topological polar surface area (TPSA) is 56.7 Å². The van der Waals surface area contributed by atoms with E-state index >= 15 is 0 Å². The van der Waals surface area contributed by atoms with Crippen LogP contribution in [0.2, 0.25) is 0 Å². The predicted octanol–water partition coefficient (Wildman–Crippen LogP) is 1.53. The first-order valence-corrected chi connectivity index (χ1v) is 5.21. The van der Waals surface area contributed by atoms with Gasteiger partial charge in [0.1, 0.15) is 11.6 Å². The molecule has 1 aromatic heterocycles. The summed E-state index contributed by atoms with van der Waals surface area (Å²) in [6.45, 7) is 0. The SMILES string of the molecule is Nc1nc2n(n1)C(c1ccccc1F)CC2. The molecule has 0 saturated carbocycles. The molecular formula is C11H11FN4. The minimum Gasteiger partial charge on any atom is -0.366 e. The van der Waals surface area contributed by atoms with Gasteiger partial charge in [-0.25, -0.2) is 9.07 Å². The van der Waals surface area contributed by atoms with Crippen LogP contribution in [-0.2, 0) is 6.42 Å². The number of hydrogen-bond acceptors (Lipinski definition) is 3. The van der Waals surface area contributed by atoms with Crippen LogP contribution in [0.5, 0.6) is 0 Å². The Hall–Kier alpha value is -1.91. The molecule has 0 spiro atoms. The molecule has 4 nitrogen and oxygen atoms in total. The largest absolute Gasteiger partial charge is 0.366 e. The fourth-order valence-electron chi connectivity index (χ4n) is 2.21. The van der Waals surface area contributed by atoms with Crippen molar-refractivity contribution in [3.05, 3.63) is 41.5 Å². The van der Waals surface area contributed by atoms with Crippen LogP contribution in [-0.4, -0.2) is 14.8 Å². The quantitative estimate of drug-likeness (QED) is 0.789. The van der Waals surface area contributed by atoms with E-state index in [1.807, 2.05) is 6.07 Å². The third kappa shape index (κ3) is 1.28. The molecule has 2 N–H and O–H groups in total. The molecule has 0 saturated heterocycles. The predicted molar refractivity (Wildman–Crippen MR) is 57.3 cm³/mol. The number of nitrogens with zero attached hydrogens (tertiary/aromatic N) is 3. The van der Waals surface area contributed by atoms with Crippen molar-refractivity contribution in [2.75, 3.05) is 5.73 Å². The van der Waals surface area contributed by atoms with E-state index < -0.39 is 0 Å². The van der Waals surface area contributed by atoms with Crippen LogP contribution in [0.1, 0.15) is 23.9 Å². The van der Waals surface area contributed by atoms with Gasteiger partial charge < -0.3 is 5.73 Å². The first-order valence-electron chi connectivity index (χ1n) is 5.21. The number of rotatable bonds is 1. The summed E-state index contributed by atoms with van der Waals surface area (Å²) in [7, 11) is 0. The van der Waals surface area contributed by atoms with E-state index in [0.29, 0.717) is 5.56 Å². The molecule has 1 aliphatic heterocycles. The summed E-state index contributed by atoms with van der Waals surface area (Å²) < 4.78 is 15.4. The maximum Gasteiger partial charge on any atom is 0.239 e. The van der Waals surface area contributed by atoms with Gasteiger partial charge in [-0.1, -0.05) is 18.2 Å². The van der Waals surface area contributed by atoms with Crippen LogP contribution >= 0.6 is 0 Å². The van der Waals surface area contributed by atoms with Gasteiger partial charge in [-0.3, -0.25) is 0 Å². The maximum atomic E-state index is 13.6. The Labute approximate surface area is 91.9 Å². The van der Waals surface area contributed by atoms with Crippen LogP contribution in [0.15, 0.2) is 24.3 Å². The maximum absolute atomic E-state index is 13.6. The Balaban J connectivity index is 2.07. The number of nitrogen functional groups attached to an aromatic ring is 1. The summed E-state index contributed by atoms with van der Waals surface area (Å²) in [6.07, 6.45) is 1.62. The van der Waals surface area contributed by atoms with E-state index in [-0.39, 0.29) is 17.8 Å². The highest BCUT2D eigenvalue weighted by atomic mass is 19.1. The lowest BCUT2D eigenvalue weighted by molar-refractivity contribution is 0.514. The monoisotopic (exact) mass is 218 g/mol. The Morgan fingerprint density at radius 1 is 1.38 bits per heavy atom. The third-order valence-electron chi connectivity index (χ3n) is 2.92. The third-order valence-corrected chi connectivity index (χ3v) is 2.92. The Morgan fingerprint density at radius 2 is 2.19 bits per heavy atom. The zero-order valence-electron chi connectivity index (χ0n) is 8.60. The lowest BCUT2D eigenvalue weighted by Gasteiger charge is -2.12. The number of aryl methyl sites for hydroxylation is 1. The van der Waals surface area contributed by atoms with Crippen molar-refractivity contribution in [3.63, 3.8) is 0 Å². The van der Waals surface area contributed by atoms with Crippen molar-refractivity contribution in [1.29, 1.82) is 0 Å². The number of anilines is 1. The minimum atomic E-state index is -0.200. The van der Waals surface area contributed by atoms with Crippen molar-refractivity contribution < 1.29 is 4.39 Å². The lowest BCUT2D eigenvalue weighted by Crippen LogP contribution is -2.09. The zero-order chi connectivity index (χ0) is 11.1. The standard InChI is InChI=1S/C11H11FN4/c12-8-4-2-1-3-7(8)9-5-6-10-14-11(13)15-16(9)10/h1-4,9H,5-6H2,(H2,13,15). The molecule has 3 rings (SSSR count). The number of halogens is 1. The van der Waals surface area contributed by atoms with Gasteiger partial charge in [0, 0.05) is 12.0 Å². The second-order valence-corrected chi connectivity index (χ2v) is 3.91. The van der Waals surface area contributed by atoms with Crippen molar-refractivity contribution in [2.45, 2.75) is 18.9 Å². The molecule has 0 amide bonds. The van der Waals surface area contributed by atoms with Crippen LogP contribution < -0.4 is 5.73 Å². The molecule has 82 valence electrons. The van der Waals surface area contributed by atoms with E-state index in [4.69, 9.17) is 5.73 Å². The van der Waals surface area contributed by atoms with Crippen LogP contribution in [0.25, 0.3) is 0 Å². The summed E-state index contributed by atoms with van der Waals surface area (Å²) in [5.74, 6) is 0.899. The highest BCUT2D eigenvalue weighted by Crippen LogP contribution is 2.31. The average Bonchev–Trinajstić information content (AvgIpc) is 2.78. The number of fused-ring (bicyclic) bond motifs is 1. The molecule has 0 bridgehead atoms. The van der Waals surface area contributed by atoms with Gasteiger partial charge in [-0.15, -0.1) is 5.10 Å². The number of aromatic nitrogens is 3. The number of hydrogen-bond donors (Lipinski definition) is 1. The molecule has 0 aliphatic carbocycles. The molecular weight excluding hydrogens is 207 g/mol. The Morgan fingerprint density at radius 3 is 3.00 bits per heavy atom. The first kappa shape index (κ1) is 9.33. The molecule has 0 fully saturated rings. The molecule has 2 aromatic rings. The normalized spacial score (nSPS) is 18.7. The van der Waals surface area contributed by atoms with E-state index in [9.17, 15) is 4.39 Å². The summed E-state index contributed by atoms with van der Waals surface area (Å²) in [5, 5.41) is 4.11. The number of nitrogens with two attached hydrogens (primary N) is 1. The van der Waals surface area contributed by atoms with Crippen LogP contribution in [0.4, 0.5) is 10.3 Å². The van der Waals surface area contributed by atoms with E-state index in [2.05, 4.69) is 10.1 Å². The first-order chi connectivity index (χ1) is 7.75. The Bertz CT molecular complexity index is 535. The summed E-state index contributed by atoms with van der Waals surface area (Å²) in [4.78, 5) is 4.10. The second-order valence-electron chi connectivity index (χ2n) is 3.91. The van der Waals surface area contributed by atoms with E-state index in [0.717, 1.165) is 18.7 Å². The minimum absolute atomic E-state index is 0.0685. The van der Waals surface area contributed by atoms with E-state index in [1.165, 1.54) is 6.07 Å². The average molecular weight is 218 g/mol. The van der Waals surface area contributed by atoms with Gasteiger partial charge in [0.15, 0.2) is 0 Å². The van der Waals surface area contributed by atoms with Crippen molar-refractivity contribution >= 4 is 5.95 Å². The molecule has 2 heterocycles. The summed E-state index contributed by atoms with van der Waals surface area (Å²) in [6, 6.07) is 6.70. The van der Waals surface area contributed by atoms with Crippen LogP contribution in [0.3, 0.4) is 0 Å². The molecule has 0 radical (unpaired) electrons. The fraction of sp³-hybridized carbons (Fsp3) is 0.273. The second kappa shape index (κ2) is 3.30. The summed E-state index contributed by atoms with van der Waals surface area (Å²) in [5.41, 5.74) is 6.19. The smallest absolute Gasteiger partial charge is 0.239 e. The number of benzene rings is 1. The van der Waals surface area contributed by atoms with E-state index in [1.54, 1.807) is 16.8 Å². The van der Waals surface area contributed by atoms with Gasteiger partial charge in [-0.05, 0) is 12.5 Å². The van der Waals surface area contributed by atoms with Gasteiger partial charge in [0.2, 0.25) is 5.95 Å². The molecule has 1 aliphatic rings. The molecule has 1 atom stereocenters. The van der Waals surface area contributed by atoms with Gasteiger partial charge in [0.05, 0.1) is 6.04 Å². The highest BCUT2D eigenvalue weighted by molar-refractivity contribution is 5.26. The zero-order valence-corrected chi connectivity index (χ0v) is 8.60. The van der Waals surface area contributed by atoms with Gasteiger partial charge in [-0.2, -0.15) is 4.98 Å². The molecule has 16 heavy (non-hydrogen) atoms. The fourth-order valence-corrected chi connectivity index (χ4v) is 2.21. The van der Waals surface area contributed by atoms with Gasteiger partial charge in [0.25, 0.3) is 0 Å². The van der Waals surface area contributed by atoms with Crippen LogP contribution in [0, 0.1) is 5.82 Å². The molecule has 1 unspecified atom stereocenters. The van der Waals surface area contributed by atoms with Gasteiger partial charge >= 0.3 is 0 Å². The van der Waals surface area contributed by atoms with Crippen molar-refractivity contribution in [2.24, 2.45) is 0 Å². The Kier molecular flexibility index (Phi) is 1.92. The summed E-state index contributed by atoms with van der Waals surface area (Å²) >= 11 is 0.